The van der Waals surface area contributed by atoms with Crippen molar-refractivity contribution in [2.45, 2.75) is 32.7 Å². The molecule has 2 rings (SSSR count). The number of benzene rings is 1. The van der Waals surface area contributed by atoms with Crippen LogP contribution in [0.2, 0.25) is 10.0 Å². The predicted octanol–water partition coefficient (Wildman–Crippen LogP) is 4.98. The van der Waals surface area contributed by atoms with E-state index in [1.54, 1.807) is 0 Å². The molecule has 1 N–H and O–H groups in total. The van der Waals surface area contributed by atoms with Crippen LogP contribution in [0.5, 0.6) is 0 Å². The number of aromatic nitrogens is 1. The van der Waals surface area contributed by atoms with Crippen LogP contribution in [-0.2, 0) is 6.42 Å². The Bertz CT molecular complexity index is 582. The van der Waals surface area contributed by atoms with Gasteiger partial charge in [0, 0.05) is 24.4 Å². The lowest BCUT2D eigenvalue weighted by Gasteiger charge is -2.19. The number of hydrogen-bond donors (Lipinski definition) is 1. The molecule has 2 nitrogen and oxygen atoms in total. The van der Waals surface area contributed by atoms with Gasteiger partial charge in [-0.05, 0) is 49.2 Å². The number of rotatable bonds is 6. The number of halogens is 2. The first-order chi connectivity index (χ1) is 10.1. The highest BCUT2D eigenvalue weighted by molar-refractivity contribution is 6.42. The van der Waals surface area contributed by atoms with Gasteiger partial charge in [-0.25, -0.2) is 0 Å². The molecule has 0 saturated carbocycles. The predicted molar refractivity (Wildman–Crippen MR) is 90.2 cm³/mol. The first-order valence-corrected chi connectivity index (χ1v) is 7.95. The molecule has 112 valence electrons. The maximum Gasteiger partial charge on any atom is 0.0595 e. The van der Waals surface area contributed by atoms with Gasteiger partial charge in [0.25, 0.3) is 0 Å². The van der Waals surface area contributed by atoms with Crippen LogP contribution in [0.15, 0.2) is 36.5 Å². The highest BCUT2D eigenvalue weighted by Crippen LogP contribution is 2.27. The number of aryl methyl sites for hydroxylation is 1. The second-order valence-corrected chi connectivity index (χ2v) is 6.03. The van der Waals surface area contributed by atoms with Gasteiger partial charge in [-0.15, -0.1) is 0 Å². The standard InChI is InChI=1S/C17H20Cl2N2/c1-3-8-20-17(10-14-6-4-12(2)11-21-14)13-5-7-15(18)16(19)9-13/h4-7,9,11,17,20H,3,8,10H2,1-2H3. The highest BCUT2D eigenvalue weighted by atomic mass is 35.5. The molecule has 1 unspecified atom stereocenters. The average molecular weight is 323 g/mol. The third kappa shape index (κ3) is 4.70. The first-order valence-electron chi connectivity index (χ1n) is 7.20. The summed E-state index contributed by atoms with van der Waals surface area (Å²) in [5, 5.41) is 4.73. The number of nitrogens with one attached hydrogen (secondary N) is 1. The van der Waals surface area contributed by atoms with E-state index in [0.717, 1.165) is 30.6 Å². The van der Waals surface area contributed by atoms with Crippen molar-refractivity contribution in [1.29, 1.82) is 0 Å². The van der Waals surface area contributed by atoms with Crippen molar-refractivity contribution in [2.75, 3.05) is 6.54 Å². The van der Waals surface area contributed by atoms with Crippen LogP contribution in [0.25, 0.3) is 0 Å². The lowest BCUT2D eigenvalue weighted by atomic mass is 10.0. The molecule has 0 fully saturated rings. The molecule has 21 heavy (non-hydrogen) atoms. The second-order valence-electron chi connectivity index (χ2n) is 5.21. The van der Waals surface area contributed by atoms with Gasteiger partial charge in [-0.3, -0.25) is 4.98 Å². The number of nitrogens with zero attached hydrogens (tertiary/aromatic N) is 1. The molecule has 2 aromatic rings. The third-order valence-corrected chi connectivity index (χ3v) is 4.11. The van der Waals surface area contributed by atoms with Gasteiger partial charge >= 0.3 is 0 Å². The molecule has 0 bridgehead atoms. The Morgan fingerprint density at radius 3 is 2.57 bits per heavy atom. The van der Waals surface area contributed by atoms with E-state index in [-0.39, 0.29) is 6.04 Å². The summed E-state index contributed by atoms with van der Waals surface area (Å²) in [5.74, 6) is 0. The Morgan fingerprint density at radius 2 is 1.95 bits per heavy atom. The van der Waals surface area contributed by atoms with E-state index in [1.165, 1.54) is 5.56 Å². The number of pyridine rings is 1. The summed E-state index contributed by atoms with van der Waals surface area (Å²) in [7, 11) is 0. The molecule has 0 radical (unpaired) electrons. The lowest BCUT2D eigenvalue weighted by molar-refractivity contribution is 0.524. The monoisotopic (exact) mass is 322 g/mol. The molecular weight excluding hydrogens is 303 g/mol. The SMILES string of the molecule is CCCNC(Cc1ccc(C)cn1)c1ccc(Cl)c(Cl)c1. The summed E-state index contributed by atoms with van der Waals surface area (Å²) in [6.45, 7) is 5.16. The minimum atomic E-state index is 0.190. The maximum absolute atomic E-state index is 6.14. The molecular formula is C17H20Cl2N2. The lowest BCUT2D eigenvalue weighted by Crippen LogP contribution is -2.24. The van der Waals surface area contributed by atoms with E-state index in [2.05, 4.69) is 29.4 Å². The van der Waals surface area contributed by atoms with Crippen LogP contribution in [0.3, 0.4) is 0 Å². The minimum Gasteiger partial charge on any atom is -0.310 e. The van der Waals surface area contributed by atoms with Crippen LogP contribution in [-0.4, -0.2) is 11.5 Å². The fourth-order valence-corrected chi connectivity index (χ4v) is 2.49. The second kappa shape index (κ2) is 7.79. The van der Waals surface area contributed by atoms with E-state index < -0.39 is 0 Å². The smallest absolute Gasteiger partial charge is 0.0595 e. The van der Waals surface area contributed by atoms with Crippen molar-refractivity contribution in [2.24, 2.45) is 0 Å². The van der Waals surface area contributed by atoms with Crippen LogP contribution in [0, 0.1) is 6.92 Å². The van der Waals surface area contributed by atoms with E-state index in [0.29, 0.717) is 10.0 Å². The van der Waals surface area contributed by atoms with Gasteiger partial charge in [0.1, 0.15) is 0 Å². The fourth-order valence-electron chi connectivity index (χ4n) is 2.18. The molecule has 0 aliphatic heterocycles. The van der Waals surface area contributed by atoms with Crippen LogP contribution in [0.4, 0.5) is 0 Å². The van der Waals surface area contributed by atoms with Gasteiger partial charge in [0.2, 0.25) is 0 Å². The number of hydrogen-bond acceptors (Lipinski definition) is 2. The zero-order valence-corrected chi connectivity index (χ0v) is 13.9. The summed E-state index contributed by atoms with van der Waals surface area (Å²) < 4.78 is 0. The molecule has 1 aromatic heterocycles. The zero-order valence-electron chi connectivity index (χ0n) is 12.4. The molecule has 0 saturated heterocycles. The Morgan fingerprint density at radius 1 is 1.14 bits per heavy atom. The summed E-state index contributed by atoms with van der Waals surface area (Å²) in [6.07, 6.45) is 3.82. The van der Waals surface area contributed by atoms with Gasteiger partial charge in [-0.2, -0.15) is 0 Å². The molecule has 4 heteroatoms. The van der Waals surface area contributed by atoms with Crippen LogP contribution >= 0.6 is 23.2 Å². The van der Waals surface area contributed by atoms with Gasteiger partial charge < -0.3 is 5.32 Å². The van der Waals surface area contributed by atoms with E-state index in [4.69, 9.17) is 23.2 Å². The average Bonchev–Trinajstić information content (AvgIpc) is 2.48. The molecule has 0 amide bonds. The summed E-state index contributed by atoms with van der Waals surface area (Å²) in [6, 6.07) is 10.2. The highest BCUT2D eigenvalue weighted by Gasteiger charge is 2.13. The molecule has 1 aromatic carbocycles. The molecule has 0 aliphatic rings. The molecule has 1 atom stereocenters. The molecule has 0 aliphatic carbocycles. The topological polar surface area (TPSA) is 24.9 Å². The van der Waals surface area contributed by atoms with Crippen molar-refractivity contribution in [1.82, 2.24) is 10.3 Å². The van der Waals surface area contributed by atoms with Crippen LogP contribution < -0.4 is 5.32 Å². The van der Waals surface area contributed by atoms with E-state index >= 15 is 0 Å². The summed E-state index contributed by atoms with van der Waals surface area (Å²) >= 11 is 12.1. The van der Waals surface area contributed by atoms with E-state index in [1.807, 2.05) is 31.3 Å². The van der Waals surface area contributed by atoms with Gasteiger partial charge in [0.15, 0.2) is 0 Å². The summed E-state index contributed by atoms with van der Waals surface area (Å²) in [5.41, 5.74) is 3.38. The molecule has 1 heterocycles. The van der Waals surface area contributed by atoms with E-state index in [9.17, 15) is 0 Å². The zero-order chi connectivity index (χ0) is 15.2. The van der Waals surface area contributed by atoms with Crippen molar-refractivity contribution in [3.8, 4) is 0 Å². The van der Waals surface area contributed by atoms with Crippen molar-refractivity contribution >= 4 is 23.2 Å². The molecule has 0 spiro atoms. The minimum absolute atomic E-state index is 0.190. The van der Waals surface area contributed by atoms with Gasteiger partial charge in [-0.1, -0.05) is 42.3 Å². The Kier molecular flexibility index (Phi) is 6.04. The normalized spacial score (nSPS) is 12.4. The third-order valence-electron chi connectivity index (χ3n) is 3.37. The largest absolute Gasteiger partial charge is 0.310 e. The fraction of sp³-hybridized carbons (Fsp3) is 0.353. The first kappa shape index (κ1) is 16.3. The van der Waals surface area contributed by atoms with Crippen LogP contribution in [0.1, 0.15) is 36.2 Å². The van der Waals surface area contributed by atoms with Crippen molar-refractivity contribution < 1.29 is 0 Å². The maximum atomic E-state index is 6.14. The summed E-state index contributed by atoms with van der Waals surface area (Å²) in [4.78, 5) is 4.49. The Labute approximate surface area is 136 Å². The van der Waals surface area contributed by atoms with Crippen molar-refractivity contribution in [3.05, 3.63) is 63.4 Å². The Balaban J connectivity index is 2.20. The Hall–Kier alpha value is -1.09. The van der Waals surface area contributed by atoms with Gasteiger partial charge in [0.05, 0.1) is 10.0 Å². The quantitative estimate of drug-likeness (QED) is 0.811. The van der Waals surface area contributed by atoms with Crippen molar-refractivity contribution in [3.63, 3.8) is 0 Å².